The van der Waals surface area contributed by atoms with Gasteiger partial charge in [0.25, 0.3) is 0 Å². The number of hydrogen-bond acceptors (Lipinski definition) is 5. The Morgan fingerprint density at radius 3 is 2.78 bits per heavy atom. The molecule has 0 amide bonds. The van der Waals surface area contributed by atoms with Gasteiger partial charge in [-0.25, -0.2) is 14.4 Å². The van der Waals surface area contributed by atoms with Crippen molar-refractivity contribution in [2.75, 3.05) is 32.8 Å². The van der Waals surface area contributed by atoms with E-state index in [0.29, 0.717) is 22.6 Å². The average Bonchev–Trinajstić information content (AvgIpc) is 3.44. The van der Waals surface area contributed by atoms with Gasteiger partial charge in [0.1, 0.15) is 29.1 Å². The van der Waals surface area contributed by atoms with Gasteiger partial charge in [-0.15, -0.1) is 0 Å². The topological polar surface area (TPSA) is 82.2 Å². The van der Waals surface area contributed by atoms with Crippen LogP contribution in [-0.4, -0.2) is 57.1 Å². The second kappa shape index (κ2) is 8.71. The summed E-state index contributed by atoms with van der Waals surface area (Å²) in [7, 11) is 0. The number of halogens is 2. The molecule has 7 nitrogen and oxygen atoms in total. The molecule has 0 spiro atoms. The average molecular weight is 451 g/mol. The minimum absolute atomic E-state index is 0.0446. The molecule has 1 aliphatic rings. The van der Waals surface area contributed by atoms with Crippen molar-refractivity contribution in [1.29, 1.82) is 5.26 Å². The summed E-state index contributed by atoms with van der Waals surface area (Å²) in [6.45, 7) is 4.16. The smallest absolute Gasteiger partial charge is 0.144 e. The fourth-order valence-electron chi connectivity index (χ4n) is 3.90. The number of morpholine rings is 1. The van der Waals surface area contributed by atoms with Crippen molar-refractivity contribution >= 4 is 17.2 Å². The minimum Gasteiger partial charge on any atom is -0.379 e. The maximum Gasteiger partial charge on any atom is 0.144 e. The van der Waals surface area contributed by atoms with Gasteiger partial charge in [0.2, 0.25) is 0 Å². The van der Waals surface area contributed by atoms with Gasteiger partial charge in [0.15, 0.2) is 0 Å². The van der Waals surface area contributed by atoms with Gasteiger partial charge in [-0.3, -0.25) is 9.30 Å². The van der Waals surface area contributed by atoms with Crippen LogP contribution in [0.4, 0.5) is 4.39 Å². The van der Waals surface area contributed by atoms with Crippen molar-refractivity contribution in [3.63, 3.8) is 0 Å². The maximum atomic E-state index is 13.8. The Labute approximate surface area is 189 Å². The first-order valence-electron chi connectivity index (χ1n) is 10.3. The molecular formula is C23H20ClFN6O. The summed E-state index contributed by atoms with van der Waals surface area (Å²) in [4.78, 5) is 14.9. The molecule has 1 aromatic carbocycles. The lowest BCUT2D eigenvalue weighted by Gasteiger charge is -2.26. The number of rotatable bonds is 5. The summed E-state index contributed by atoms with van der Waals surface area (Å²) in [5, 5.41) is 9.42. The Morgan fingerprint density at radius 2 is 2.00 bits per heavy atom. The molecule has 162 valence electrons. The highest BCUT2D eigenvalue weighted by molar-refractivity contribution is 6.31. The van der Waals surface area contributed by atoms with Crippen molar-refractivity contribution in [3.8, 4) is 28.6 Å². The molecule has 9 heteroatoms. The van der Waals surface area contributed by atoms with Crippen LogP contribution in [0.1, 0.15) is 11.5 Å². The lowest BCUT2D eigenvalue weighted by Crippen LogP contribution is -2.37. The summed E-state index contributed by atoms with van der Waals surface area (Å²) >= 11 is 6.05. The molecule has 0 radical (unpaired) electrons. The first kappa shape index (κ1) is 20.6. The van der Waals surface area contributed by atoms with E-state index in [9.17, 15) is 9.65 Å². The van der Waals surface area contributed by atoms with Crippen LogP contribution in [0.15, 0.2) is 42.7 Å². The predicted molar refractivity (Wildman–Crippen MR) is 119 cm³/mol. The molecule has 1 aliphatic heterocycles. The van der Waals surface area contributed by atoms with Crippen LogP contribution in [0.2, 0.25) is 5.02 Å². The highest BCUT2D eigenvalue weighted by atomic mass is 35.5. The highest BCUT2D eigenvalue weighted by Crippen LogP contribution is 2.32. The normalized spacial score (nSPS) is 14.7. The van der Waals surface area contributed by atoms with E-state index in [1.807, 2.05) is 18.3 Å². The number of aromatic nitrogens is 4. The number of pyridine rings is 1. The monoisotopic (exact) mass is 450 g/mol. The molecule has 0 atom stereocenters. The second-order valence-corrected chi connectivity index (χ2v) is 8.05. The van der Waals surface area contributed by atoms with Gasteiger partial charge >= 0.3 is 0 Å². The van der Waals surface area contributed by atoms with E-state index < -0.39 is 5.82 Å². The quantitative estimate of drug-likeness (QED) is 0.498. The fourth-order valence-corrected chi connectivity index (χ4v) is 4.08. The zero-order valence-corrected chi connectivity index (χ0v) is 17.9. The van der Waals surface area contributed by atoms with Crippen LogP contribution in [0, 0.1) is 17.1 Å². The second-order valence-electron chi connectivity index (χ2n) is 7.64. The summed E-state index contributed by atoms with van der Waals surface area (Å²) < 4.78 is 20.9. The van der Waals surface area contributed by atoms with E-state index in [-0.39, 0.29) is 5.02 Å². The van der Waals surface area contributed by atoms with E-state index in [2.05, 4.69) is 20.9 Å². The highest BCUT2D eigenvalue weighted by Gasteiger charge is 2.18. The van der Waals surface area contributed by atoms with Gasteiger partial charge in [0, 0.05) is 43.4 Å². The third-order valence-corrected chi connectivity index (χ3v) is 5.91. The van der Waals surface area contributed by atoms with Crippen LogP contribution in [0.3, 0.4) is 0 Å². The van der Waals surface area contributed by atoms with Crippen LogP contribution < -0.4 is 0 Å². The lowest BCUT2D eigenvalue weighted by atomic mass is 10.1. The summed E-state index contributed by atoms with van der Waals surface area (Å²) in [6, 6.07) is 10.5. The summed E-state index contributed by atoms with van der Waals surface area (Å²) in [5.74, 6) is 0.353. The third kappa shape index (κ3) is 3.98. The fraction of sp³-hybridized carbons (Fsp3) is 0.261. The van der Waals surface area contributed by atoms with Gasteiger partial charge < -0.3 is 9.72 Å². The molecule has 0 unspecified atom stereocenters. The van der Waals surface area contributed by atoms with E-state index in [4.69, 9.17) is 21.3 Å². The Bertz CT molecular complexity index is 1320. The van der Waals surface area contributed by atoms with Gasteiger partial charge in [-0.2, -0.15) is 5.26 Å². The molecule has 3 aromatic heterocycles. The van der Waals surface area contributed by atoms with Crippen LogP contribution in [0.25, 0.3) is 28.2 Å². The molecule has 0 aliphatic carbocycles. The molecule has 4 heterocycles. The Kier molecular flexibility index (Phi) is 5.62. The van der Waals surface area contributed by atoms with Gasteiger partial charge in [-0.05, 0) is 30.3 Å². The molecule has 1 saturated heterocycles. The van der Waals surface area contributed by atoms with Crippen molar-refractivity contribution in [2.45, 2.75) is 6.42 Å². The molecule has 0 bridgehead atoms. The zero-order chi connectivity index (χ0) is 22.1. The predicted octanol–water partition coefficient (Wildman–Crippen LogP) is 3.93. The first-order valence-corrected chi connectivity index (χ1v) is 10.7. The Morgan fingerprint density at radius 1 is 1.19 bits per heavy atom. The molecule has 32 heavy (non-hydrogen) atoms. The Balaban J connectivity index is 1.55. The first-order chi connectivity index (χ1) is 15.6. The van der Waals surface area contributed by atoms with Gasteiger partial charge in [-0.1, -0.05) is 11.6 Å². The van der Waals surface area contributed by atoms with E-state index in [1.165, 1.54) is 6.07 Å². The summed E-state index contributed by atoms with van der Waals surface area (Å²) in [6.07, 6.45) is 4.13. The minimum atomic E-state index is -0.474. The molecule has 1 fully saturated rings. The van der Waals surface area contributed by atoms with E-state index >= 15 is 0 Å². The van der Waals surface area contributed by atoms with Crippen molar-refractivity contribution < 1.29 is 9.13 Å². The number of benzene rings is 1. The number of imidazole rings is 2. The lowest BCUT2D eigenvalue weighted by molar-refractivity contribution is 0.0382. The van der Waals surface area contributed by atoms with Gasteiger partial charge in [0.05, 0.1) is 35.8 Å². The number of nitriles is 1. The SMILES string of the molecule is N#Cc1cnc2ccc(-c3[nH]c(CCN4CCOCC4)nc3-c3ccc(F)c(Cl)c3)cn12. The molecule has 0 saturated carbocycles. The number of aromatic amines is 1. The van der Waals surface area contributed by atoms with Crippen LogP contribution >= 0.6 is 11.6 Å². The zero-order valence-electron chi connectivity index (χ0n) is 17.2. The molecule has 5 rings (SSSR count). The van der Waals surface area contributed by atoms with Crippen molar-refractivity contribution in [2.24, 2.45) is 0 Å². The maximum absolute atomic E-state index is 13.8. The number of fused-ring (bicyclic) bond motifs is 1. The molecular weight excluding hydrogens is 431 g/mol. The molecule has 4 aromatic rings. The number of nitrogens with zero attached hydrogens (tertiary/aromatic N) is 5. The summed E-state index contributed by atoms with van der Waals surface area (Å²) in [5.41, 5.74) is 4.15. The number of H-pyrrole nitrogens is 1. The standard InChI is InChI=1S/C23H20ClFN6O/c24-18-11-15(1-3-19(18)25)22-23(16-2-4-21-27-13-17(12-26)31(21)14-16)29-20(28-22)5-6-30-7-9-32-10-8-30/h1-4,11,13-14H,5-10H2,(H,28,29). The van der Waals surface area contributed by atoms with E-state index in [1.54, 1.807) is 22.7 Å². The van der Waals surface area contributed by atoms with Crippen molar-refractivity contribution in [3.05, 3.63) is 65.1 Å². The van der Waals surface area contributed by atoms with Crippen molar-refractivity contribution in [1.82, 2.24) is 24.3 Å². The van der Waals surface area contributed by atoms with E-state index in [0.717, 1.165) is 56.4 Å². The third-order valence-electron chi connectivity index (χ3n) is 5.62. The molecule has 1 N–H and O–H groups in total. The number of nitrogens with one attached hydrogen (secondary N) is 1. The largest absolute Gasteiger partial charge is 0.379 e. The number of ether oxygens (including phenoxy) is 1. The Hall–Kier alpha value is -3.25. The van der Waals surface area contributed by atoms with Crippen LogP contribution in [-0.2, 0) is 11.2 Å². The number of hydrogen-bond donors (Lipinski definition) is 1. The van der Waals surface area contributed by atoms with Crippen LogP contribution in [0.5, 0.6) is 0 Å².